The van der Waals surface area contributed by atoms with Gasteiger partial charge in [0.05, 0.1) is 5.52 Å². The number of fused-ring (bicyclic) bond motifs is 1. The van der Waals surface area contributed by atoms with E-state index in [1.54, 1.807) is 10.6 Å². The number of carbonyl (C=O) groups excluding carboxylic acids is 1. The predicted octanol–water partition coefficient (Wildman–Crippen LogP) is 3.20. The number of nitrogens with zero attached hydrogens (tertiary/aromatic N) is 2. The highest BCUT2D eigenvalue weighted by Crippen LogP contribution is 2.15. The zero-order valence-electron chi connectivity index (χ0n) is 11.4. The number of hydrogen-bond donors (Lipinski definition) is 1. The number of aryl methyl sites for hydroxylation is 2. The summed E-state index contributed by atoms with van der Waals surface area (Å²) in [6.45, 7) is 4.07. The predicted molar refractivity (Wildman–Crippen MR) is 79.1 cm³/mol. The molecule has 4 heteroatoms. The highest BCUT2D eigenvalue weighted by atomic mass is 16.1. The summed E-state index contributed by atoms with van der Waals surface area (Å²) in [5, 5.41) is 7.13. The summed E-state index contributed by atoms with van der Waals surface area (Å²) in [6.07, 6.45) is 1.82. The van der Waals surface area contributed by atoms with Gasteiger partial charge >= 0.3 is 0 Å². The fraction of sp³-hybridized carbons (Fsp3) is 0.125. The monoisotopic (exact) mass is 265 g/mol. The van der Waals surface area contributed by atoms with Gasteiger partial charge in [-0.2, -0.15) is 5.10 Å². The summed E-state index contributed by atoms with van der Waals surface area (Å²) in [4.78, 5) is 12.2. The Bertz CT molecular complexity index is 756. The van der Waals surface area contributed by atoms with Gasteiger partial charge in [0, 0.05) is 11.9 Å². The van der Waals surface area contributed by atoms with E-state index in [1.807, 2.05) is 56.4 Å². The zero-order chi connectivity index (χ0) is 14.1. The van der Waals surface area contributed by atoms with Crippen molar-refractivity contribution < 1.29 is 4.79 Å². The van der Waals surface area contributed by atoms with E-state index >= 15 is 0 Å². The second-order valence-corrected chi connectivity index (χ2v) is 4.85. The van der Waals surface area contributed by atoms with Crippen LogP contribution < -0.4 is 5.32 Å². The molecule has 0 bridgehead atoms. The first-order chi connectivity index (χ1) is 9.63. The molecule has 2 heterocycles. The number of carbonyl (C=O) groups is 1. The molecule has 0 saturated heterocycles. The molecule has 3 aromatic rings. The van der Waals surface area contributed by atoms with Crippen molar-refractivity contribution in [1.82, 2.24) is 9.61 Å². The summed E-state index contributed by atoms with van der Waals surface area (Å²) in [5.74, 6) is -0.197. The Morgan fingerprint density at radius 1 is 1.10 bits per heavy atom. The molecular weight excluding hydrogens is 250 g/mol. The average molecular weight is 265 g/mol. The molecular formula is C16H15N3O. The number of anilines is 1. The van der Waals surface area contributed by atoms with Gasteiger partial charge in [0.15, 0.2) is 5.69 Å². The molecule has 0 unspecified atom stereocenters. The van der Waals surface area contributed by atoms with Crippen LogP contribution in [0, 0.1) is 13.8 Å². The molecule has 1 aromatic carbocycles. The van der Waals surface area contributed by atoms with E-state index in [4.69, 9.17) is 0 Å². The molecule has 0 aliphatic carbocycles. The number of rotatable bonds is 2. The topological polar surface area (TPSA) is 46.4 Å². The van der Waals surface area contributed by atoms with Gasteiger partial charge in [-0.1, -0.05) is 12.1 Å². The zero-order valence-corrected chi connectivity index (χ0v) is 11.4. The Labute approximate surface area is 117 Å². The van der Waals surface area contributed by atoms with E-state index in [-0.39, 0.29) is 5.91 Å². The molecule has 0 spiro atoms. The standard InChI is InChI=1S/C16H15N3O/c1-11-6-7-13(9-12(11)2)17-16(20)15-10-14-5-3-4-8-19(14)18-15/h3-10H,1-2H3,(H,17,20). The Hall–Kier alpha value is -2.62. The van der Waals surface area contributed by atoms with Gasteiger partial charge < -0.3 is 5.32 Å². The molecule has 100 valence electrons. The first-order valence-electron chi connectivity index (χ1n) is 6.46. The van der Waals surface area contributed by atoms with Crippen molar-refractivity contribution in [3.05, 3.63) is 65.5 Å². The highest BCUT2D eigenvalue weighted by molar-refractivity contribution is 6.03. The molecule has 1 amide bonds. The van der Waals surface area contributed by atoms with Crippen LogP contribution in [0.15, 0.2) is 48.7 Å². The smallest absolute Gasteiger partial charge is 0.276 e. The van der Waals surface area contributed by atoms with Crippen LogP contribution in [-0.4, -0.2) is 15.5 Å². The van der Waals surface area contributed by atoms with Crippen molar-refractivity contribution in [2.45, 2.75) is 13.8 Å². The van der Waals surface area contributed by atoms with E-state index in [9.17, 15) is 4.79 Å². The van der Waals surface area contributed by atoms with Crippen LogP contribution in [0.2, 0.25) is 0 Å². The summed E-state index contributed by atoms with van der Waals surface area (Å²) in [5.41, 5.74) is 4.45. The van der Waals surface area contributed by atoms with Crippen LogP contribution in [0.4, 0.5) is 5.69 Å². The number of amides is 1. The minimum Gasteiger partial charge on any atom is -0.321 e. The number of nitrogens with one attached hydrogen (secondary N) is 1. The summed E-state index contributed by atoms with van der Waals surface area (Å²) in [6, 6.07) is 13.3. The third kappa shape index (κ3) is 2.28. The first kappa shape index (κ1) is 12.4. The molecule has 0 radical (unpaired) electrons. The van der Waals surface area contributed by atoms with Crippen molar-refractivity contribution in [2.24, 2.45) is 0 Å². The van der Waals surface area contributed by atoms with E-state index in [1.165, 1.54) is 5.56 Å². The average Bonchev–Trinajstić information content (AvgIpc) is 2.87. The van der Waals surface area contributed by atoms with Gasteiger partial charge in [-0.05, 0) is 55.3 Å². The van der Waals surface area contributed by atoms with Crippen molar-refractivity contribution in [3.63, 3.8) is 0 Å². The lowest BCUT2D eigenvalue weighted by Crippen LogP contribution is -2.12. The molecule has 0 aliphatic rings. The van der Waals surface area contributed by atoms with Crippen molar-refractivity contribution >= 4 is 17.1 Å². The van der Waals surface area contributed by atoms with Gasteiger partial charge in [-0.15, -0.1) is 0 Å². The lowest BCUT2D eigenvalue weighted by molar-refractivity contribution is 0.102. The van der Waals surface area contributed by atoms with Gasteiger partial charge in [0.2, 0.25) is 0 Å². The Kier molecular flexibility index (Phi) is 2.99. The lowest BCUT2D eigenvalue weighted by Gasteiger charge is -2.06. The Morgan fingerprint density at radius 2 is 1.95 bits per heavy atom. The normalized spacial score (nSPS) is 10.7. The van der Waals surface area contributed by atoms with E-state index in [2.05, 4.69) is 10.4 Å². The van der Waals surface area contributed by atoms with Gasteiger partial charge in [-0.25, -0.2) is 4.52 Å². The van der Waals surface area contributed by atoms with Gasteiger partial charge in [0.1, 0.15) is 0 Å². The minimum absolute atomic E-state index is 0.197. The van der Waals surface area contributed by atoms with Gasteiger partial charge in [-0.3, -0.25) is 4.79 Å². The second kappa shape index (κ2) is 4.81. The third-order valence-electron chi connectivity index (χ3n) is 3.37. The second-order valence-electron chi connectivity index (χ2n) is 4.85. The maximum Gasteiger partial charge on any atom is 0.276 e. The molecule has 2 aromatic heterocycles. The van der Waals surface area contributed by atoms with Crippen LogP contribution in [0.5, 0.6) is 0 Å². The fourth-order valence-electron chi connectivity index (χ4n) is 2.06. The number of pyridine rings is 1. The summed E-state index contributed by atoms with van der Waals surface area (Å²) < 4.78 is 1.69. The number of aromatic nitrogens is 2. The molecule has 0 atom stereocenters. The number of benzene rings is 1. The van der Waals surface area contributed by atoms with E-state index in [0.29, 0.717) is 5.69 Å². The quantitative estimate of drug-likeness (QED) is 0.773. The maximum absolute atomic E-state index is 12.2. The molecule has 20 heavy (non-hydrogen) atoms. The van der Waals surface area contributed by atoms with Crippen LogP contribution in [0.25, 0.3) is 5.52 Å². The van der Waals surface area contributed by atoms with E-state index in [0.717, 1.165) is 16.8 Å². The molecule has 0 saturated carbocycles. The summed E-state index contributed by atoms with van der Waals surface area (Å²) >= 11 is 0. The van der Waals surface area contributed by atoms with Crippen molar-refractivity contribution in [1.29, 1.82) is 0 Å². The third-order valence-corrected chi connectivity index (χ3v) is 3.37. The highest BCUT2D eigenvalue weighted by Gasteiger charge is 2.11. The first-order valence-corrected chi connectivity index (χ1v) is 6.46. The lowest BCUT2D eigenvalue weighted by atomic mass is 10.1. The molecule has 3 rings (SSSR count). The maximum atomic E-state index is 12.2. The molecule has 0 aliphatic heterocycles. The van der Waals surface area contributed by atoms with Crippen molar-refractivity contribution in [3.8, 4) is 0 Å². The van der Waals surface area contributed by atoms with E-state index < -0.39 is 0 Å². The number of hydrogen-bond acceptors (Lipinski definition) is 2. The van der Waals surface area contributed by atoms with Crippen LogP contribution >= 0.6 is 0 Å². The minimum atomic E-state index is -0.197. The van der Waals surface area contributed by atoms with Crippen LogP contribution in [0.3, 0.4) is 0 Å². The molecule has 0 fully saturated rings. The molecule has 1 N–H and O–H groups in total. The van der Waals surface area contributed by atoms with Gasteiger partial charge in [0.25, 0.3) is 5.91 Å². The van der Waals surface area contributed by atoms with Crippen LogP contribution in [-0.2, 0) is 0 Å². The Morgan fingerprint density at radius 3 is 2.70 bits per heavy atom. The van der Waals surface area contributed by atoms with Crippen LogP contribution in [0.1, 0.15) is 21.6 Å². The fourth-order valence-corrected chi connectivity index (χ4v) is 2.06. The van der Waals surface area contributed by atoms with Crippen molar-refractivity contribution in [2.75, 3.05) is 5.32 Å². The molecule has 4 nitrogen and oxygen atoms in total. The largest absolute Gasteiger partial charge is 0.321 e. The Balaban J connectivity index is 1.86. The summed E-state index contributed by atoms with van der Waals surface area (Å²) in [7, 11) is 0. The SMILES string of the molecule is Cc1ccc(NC(=O)c2cc3ccccn3n2)cc1C.